The molecule has 0 saturated heterocycles. The van der Waals surface area contributed by atoms with Crippen LogP contribution in [0.1, 0.15) is 12.5 Å². The highest BCUT2D eigenvalue weighted by Crippen LogP contribution is 2.33. The zero-order valence-corrected chi connectivity index (χ0v) is 23.6. The van der Waals surface area contributed by atoms with Crippen LogP contribution >= 0.6 is 46.4 Å². The summed E-state index contributed by atoms with van der Waals surface area (Å²) in [6.07, 6.45) is 0. The van der Waals surface area contributed by atoms with Gasteiger partial charge in [0.05, 0.1) is 25.7 Å². The second-order valence-electron chi connectivity index (χ2n) is 7.98. The number of hydrogen-bond acceptors (Lipinski definition) is 4. The molecule has 0 aliphatic carbocycles. The normalized spacial score (nSPS) is 12.1. The number of likely N-dealkylation sites (N-methyl/N-ethyl adjacent to an activating group) is 1. The molecule has 3 aromatic carbocycles. The molecule has 0 bridgehead atoms. The molecule has 0 aliphatic rings. The first-order valence-electron chi connectivity index (χ1n) is 10.9. The van der Waals surface area contributed by atoms with Crippen LogP contribution in [-0.2, 0) is 26.2 Å². The van der Waals surface area contributed by atoms with Crippen molar-refractivity contribution in [3.8, 4) is 0 Å². The number of amides is 2. The Morgan fingerprint density at radius 1 is 0.892 bits per heavy atom. The number of nitrogens with zero attached hydrogens (tertiary/aromatic N) is 2. The third-order valence-corrected chi connectivity index (χ3v) is 8.61. The monoisotopic (exact) mass is 601 g/mol. The maximum absolute atomic E-state index is 13.7. The Morgan fingerprint density at radius 2 is 1.54 bits per heavy atom. The first-order chi connectivity index (χ1) is 17.4. The quantitative estimate of drug-likeness (QED) is 0.342. The lowest BCUT2D eigenvalue weighted by molar-refractivity contribution is -0.139. The van der Waals surface area contributed by atoms with Crippen LogP contribution in [0.3, 0.4) is 0 Å². The fourth-order valence-electron chi connectivity index (χ4n) is 3.54. The van der Waals surface area contributed by atoms with Crippen LogP contribution in [0.15, 0.2) is 71.6 Å². The lowest BCUT2D eigenvalue weighted by Crippen LogP contribution is -2.50. The number of carbonyl (C=O) groups excluding carboxylic acids is 2. The molecule has 3 rings (SSSR count). The van der Waals surface area contributed by atoms with Gasteiger partial charge >= 0.3 is 0 Å². The molecule has 0 heterocycles. The Bertz CT molecular complexity index is 1400. The summed E-state index contributed by atoms with van der Waals surface area (Å²) >= 11 is 24.7. The van der Waals surface area contributed by atoms with E-state index in [0.717, 1.165) is 4.31 Å². The number of benzene rings is 3. The van der Waals surface area contributed by atoms with Crippen molar-refractivity contribution in [1.29, 1.82) is 0 Å². The maximum atomic E-state index is 13.7. The molecule has 0 fully saturated rings. The van der Waals surface area contributed by atoms with E-state index in [9.17, 15) is 18.0 Å². The number of nitrogens with one attached hydrogen (secondary N) is 1. The fourth-order valence-corrected chi connectivity index (χ4v) is 5.74. The molecule has 0 radical (unpaired) electrons. The molecule has 0 unspecified atom stereocenters. The highest BCUT2D eigenvalue weighted by Gasteiger charge is 2.33. The lowest BCUT2D eigenvalue weighted by atomic mass is 10.1. The summed E-state index contributed by atoms with van der Waals surface area (Å²) in [6.45, 7) is 0.851. The van der Waals surface area contributed by atoms with E-state index in [2.05, 4.69) is 5.32 Å². The smallest absolute Gasteiger partial charge is 0.264 e. The minimum absolute atomic E-state index is 0.0217. The Hall–Kier alpha value is -2.49. The zero-order chi connectivity index (χ0) is 27.3. The SMILES string of the molecule is CNC(=O)[C@@H](C)N(Cc1ccc(Cl)c(Cl)c1)C(=O)CN(c1cc(Cl)ccc1Cl)S(=O)(=O)c1ccccc1. The van der Waals surface area contributed by atoms with Crippen molar-refractivity contribution in [3.63, 3.8) is 0 Å². The molecular weight excluding hydrogens is 580 g/mol. The molecule has 37 heavy (non-hydrogen) atoms. The molecule has 1 N–H and O–H groups in total. The number of rotatable bonds is 9. The topological polar surface area (TPSA) is 86.8 Å². The third-order valence-electron chi connectivity index (χ3n) is 5.54. The molecule has 1 atom stereocenters. The molecule has 196 valence electrons. The highest BCUT2D eigenvalue weighted by atomic mass is 35.5. The lowest BCUT2D eigenvalue weighted by Gasteiger charge is -2.32. The number of sulfonamides is 1. The summed E-state index contributed by atoms with van der Waals surface area (Å²) in [5, 5.41) is 3.43. The number of halogens is 4. The number of anilines is 1. The van der Waals surface area contributed by atoms with Gasteiger partial charge in [-0.15, -0.1) is 0 Å². The van der Waals surface area contributed by atoms with Crippen LogP contribution < -0.4 is 9.62 Å². The summed E-state index contributed by atoms with van der Waals surface area (Å²) < 4.78 is 28.3. The van der Waals surface area contributed by atoms with E-state index in [1.54, 1.807) is 36.4 Å². The second kappa shape index (κ2) is 12.4. The van der Waals surface area contributed by atoms with Crippen molar-refractivity contribution in [3.05, 3.63) is 92.4 Å². The molecule has 3 aromatic rings. The molecule has 0 spiro atoms. The average molecular weight is 603 g/mol. The van der Waals surface area contributed by atoms with Crippen LogP contribution in [-0.4, -0.2) is 44.8 Å². The average Bonchev–Trinajstić information content (AvgIpc) is 2.88. The predicted molar refractivity (Wildman–Crippen MR) is 148 cm³/mol. The number of carbonyl (C=O) groups is 2. The summed E-state index contributed by atoms with van der Waals surface area (Å²) in [5.74, 6) is -1.09. The van der Waals surface area contributed by atoms with Crippen molar-refractivity contribution >= 4 is 73.9 Å². The van der Waals surface area contributed by atoms with E-state index in [1.165, 1.54) is 49.2 Å². The van der Waals surface area contributed by atoms with Gasteiger partial charge < -0.3 is 10.2 Å². The fraction of sp³-hybridized carbons (Fsp3) is 0.200. The minimum atomic E-state index is -4.26. The van der Waals surface area contributed by atoms with Gasteiger partial charge in [0.2, 0.25) is 11.8 Å². The summed E-state index contributed by atoms with van der Waals surface area (Å²) in [7, 11) is -2.81. The van der Waals surface area contributed by atoms with Crippen molar-refractivity contribution in [1.82, 2.24) is 10.2 Å². The predicted octanol–water partition coefficient (Wildman–Crippen LogP) is 5.66. The van der Waals surface area contributed by atoms with E-state index in [-0.39, 0.29) is 32.2 Å². The van der Waals surface area contributed by atoms with Crippen molar-refractivity contribution in [2.45, 2.75) is 24.4 Å². The Balaban J connectivity index is 2.07. The van der Waals surface area contributed by atoms with Crippen molar-refractivity contribution in [2.75, 3.05) is 17.9 Å². The second-order valence-corrected chi connectivity index (χ2v) is 11.5. The molecule has 7 nitrogen and oxygen atoms in total. The van der Waals surface area contributed by atoms with Gasteiger partial charge in [0, 0.05) is 18.6 Å². The Labute approximate surface area is 235 Å². The highest BCUT2D eigenvalue weighted by molar-refractivity contribution is 7.92. The Morgan fingerprint density at radius 3 is 2.16 bits per heavy atom. The van der Waals surface area contributed by atoms with Crippen molar-refractivity contribution < 1.29 is 18.0 Å². The van der Waals surface area contributed by atoms with Crippen LogP contribution in [0.5, 0.6) is 0 Å². The van der Waals surface area contributed by atoms with Crippen LogP contribution in [0.2, 0.25) is 20.1 Å². The number of hydrogen-bond donors (Lipinski definition) is 1. The van der Waals surface area contributed by atoms with E-state index in [4.69, 9.17) is 46.4 Å². The minimum Gasteiger partial charge on any atom is -0.357 e. The third kappa shape index (κ3) is 6.89. The molecular formula is C25H23Cl4N3O4S. The Kier molecular flexibility index (Phi) is 9.72. The van der Waals surface area contributed by atoms with Gasteiger partial charge in [-0.1, -0.05) is 70.7 Å². The van der Waals surface area contributed by atoms with Gasteiger partial charge in [0.1, 0.15) is 12.6 Å². The first-order valence-corrected chi connectivity index (χ1v) is 13.9. The first kappa shape index (κ1) is 29.1. The van der Waals surface area contributed by atoms with Crippen LogP contribution in [0.4, 0.5) is 5.69 Å². The molecule has 2 amide bonds. The van der Waals surface area contributed by atoms with Crippen molar-refractivity contribution in [2.24, 2.45) is 0 Å². The van der Waals surface area contributed by atoms with Gasteiger partial charge in [-0.3, -0.25) is 13.9 Å². The van der Waals surface area contributed by atoms with Gasteiger partial charge in [-0.2, -0.15) is 0 Å². The summed E-state index contributed by atoms with van der Waals surface area (Å²) in [5.41, 5.74) is 0.616. The van der Waals surface area contributed by atoms with Crippen LogP contribution in [0, 0.1) is 0 Å². The van der Waals surface area contributed by atoms with Gasteiger partial charge in [0.25, 0.3) is 10.0 Å². The van der Waals surface area contributed by atoms with Gasteiger partial charge in [0.15, 0.2) is 0 Å². The van der Waals surface area contributed by atoms with E-state index in [1.807, 2.05) is 0 Å². The maximum Gasteiger partial charge on any atom is 0.264 e. The molecule has 12 heteroatoms. The standard InChI is InChI=1S/C25H23Cl4N3O4S/c1-16(25(34)30-2)31(14-17-8-10-20(27)22(29)12-17)24(33)15-32(23-13-18(26)9-11-21(23)28)37(35,36)19-6-4-3-5-7-19/h3-13,16H,14-15H2,1-2H3,(H,30,34)/t16-/m1/s1. The zero-order valence-electron chi connectivity index (χ0n) is 19.8. The molecule has 0 saturated carbocycles. The summed E-state index contributed by atoms with van der Waals surface area (Å²) in [6, 6.07) is 15.8. The summed E-state index contributed by atoms with van der Waals surface area (Å²) in [4.78, 5) is 27.5. The largest absolute Gasteiger partial charge is 0.357 e. The molecule has 0 aromatic heterocycles. The molecule has 0 aliphatic heterocycles. The van der Waals surface area contributed by atoms with E-state index >= 15 is 0 Å². The van der Waals surface area contributed by atoms with Gasteiger partial charge in [-0.05, 0) is 55.0 Å². The van der Waals surface area contributed by atoms with E-state index in [0.29, 0.717) is 10.6 Å². The van der Waals surface area contributed by atoms with Gasteiger partial charge in [-0.25, -0.2) is 8.42 Å². The van der Waals surface area contributed by atoms with Crippen LogP contribution in [0.25, 0.3) is 0 Å². The van der Waals surface area contributed by atoms with E-state index < -0.39 is 34.4 Å².